The molecule has 1 aromatic heterocycles. The quantitative estimate of drug-likeness (QED) is 0.378. The van der Waals surface area contributed by atoms with Gasteiger partial charge in [0.1, 0.15) is 23.3 Å². The van der Waals surface area contributed by atoms with Crippen LogP contribution >= 0.6 is 11.3 Å². The van der Waals surface area contributed by atoms with E-state index in [4.69, 9.17) is 14.2 Å². The molecule has 196 valence electrons. The van der Waals surface area contributed by atoms with Crippen LogP contribution in [0.25, 0.3) is 0 Å². The van der Waals surface area contributed by atoms with Gasteiger partial charge in [-0.25, -0.2) is 0 Å². The van der Waals surface area contributed by atoms with Gasteiger partial charge in [-0.3, -0.25) is 14.5 Å². The van der Waals surface area contributed by atoms with Crippen molar-refractivity contribution in [2.24, 2.45) is 0 Å². The summed E-state index contributed by atoms with van der Waals surface area (Å²) in [6.45, 7) is 0. The third-order valence-electron chi connectivity index (χ3n) is 6.66. The Bertz CT molecular complexity index is 1170. The number of hydrogen-bond donors (Lipinski definition) is 1. The Hall–Kier alpha value is -3.52. The van der Waals surface area contributed by atoms with Crippen molar-refractivity contribution in [1.29, 1.82) is 0 Å². The summed E-state index contributed by atoms with van der Waals surface area (Å²) in [7, 11) is 4.71. The molecule has 0 spiro atoms. The molecule has 0 saturated heterocycles. The minimum absolute atomic E-state index is 0.0865. The second kappa shape index (κ2) is 12.6. The maximum atomic E-state index is 14.0. The first kappa shape index (κ1) is 26.5. The number of hydrogen-bond acceptors (Lipinski definition) is 6. The minimum Gasteiger partial charge on any atom is -0.497 e. The summed E-state index contributed by atoms with van der Waals surface area (Å²) < 4.78 is 16.5. The van der Waals surface area contributed by atoms with Crippen LogP contribution in [-0.4, -0.2) is 39.2 Å². The zero-order chi connectivity index (χ0) is 26.2. The van der Waals surface area contributed by atoms with E-state index in [0.29, 0.717) is 28.5 Å². The standard InChI is InChI=1S/C29H34N2O5S/c1-34-23-12-7-9-20(15-23)28(29(33)30-21-10-5-4-6-11-21)31(27(32)19-26-13-8-14-37-26)22-16-24(35-2)18-25(17-22)36-3/h7-9,12-18,21,28H,4-6,10-11,19H2,1-3H3,(H,30,33)/t28-/m0/s1. The number of carbonyl (C=O) groups excluding carboxylic acids is 2. The van der Waals surface area contributed by atoms with E-state index >= 15 is 0 Å². The lowest BCUT2D eigenvalue weighted by Gasteiger charge is -2.34. The van der Waals surface area contributed by atoms with Crippen LogP contribution in [0, 0.1) is 0 Å². The van der Waals surface area contributed by atoms with Gasteiger partial charge in [0, 0.05) is 29.1 Å². The van der Waals surface area contributed by atoms with Crippen molar-refractivity contribution >= 4 is 28.8 Å². The van der Waals surface area contributed by atoms with Crippen molar-refractivity contribution in [2.45, 2.75) is 50.6 Å². The highest BCUT2D eigenvalue weighted by molar-refractivity contribution is 7.10. The number of thiophene rings is 1. The van der Waals surface area contributed by atoms with Gasteiger partial charge in [0.25, 0.3) is 0 Å². The highest BCUT2D eigenvalue weighted by atomic mass is 32.1. The van der Waals surface area contributed by atoms with Crippen LogP contribution in [0.15, 0.2) is 60.0 Å². The van der Waals surface area contributed by atoms with Crippen LogP contribution in [0.3, 0.4) is 0 Å². The van der Waals surface area contributed by atoms with E-state index in [1.807, 2.05) is 41.8 Å². The second-order valence-corrected chi connectivity index (χ2v) is 10.1. The molecule has 37 heavy (non-hydrogen) atoms. The van der Waals surface area contributed by atoms with E-state index < -0.39 is 6.04 Å². The number of carbonyl (C=O) groups is 2. The molecule has 7 nitrogen and oxygen atoms in total. The maximum Gasteiger partial charge on any atom is 0.248 e. The molecule has 0 aliphatic heterocycles. The molecule has 2 aromatic carbocycles. The van der Waals surface area contributed by atoms with Crippen LogP contribution < -0.4 is 24.4 Å². The smallest absolute Gasteiger partial charge is 0.248 e. The molecule has 1 heterocycles. The number of anilines is 1. The normalized spacial score (nSPS) is 14.5. The van der Waals surface area contributed by atoms with E-state index in [2.05, 4.69) is 5.32 Å². The molecule has 1 saturated carbocycles. The van der Waals surface area contributed by atoms with Crippen LogP contribution in [0.5, 0.6) is 17.2 Å². The lowest BCUT2D eigenvalue weighted by atomic mass is 9.94. The predicted octanol–water partition coefficient (Wildman–Crippen LogP) is 5.54. The summed E-state index contributed by atoms with van der Waals surface area (Å²) in [5.74, 6) is 1.24. The molecule has 3 aromatic rings. The summed E-state index contributed by atoms with van der Waals surface area (Å²) in [6.07, 6.45) is 5.39. The topological polar surface area (TPSA) is 77.1 Å². The molecule has 1 aliphatic carbocycles. The summed E-state index contributed by atoms with van der Waals surface area (Å²) in [5, 5.41) is 5.18. The first-order valence-electron chi connectivity index (χ1n) is 12.5. The van der Waals surface area contributed by atoms with Crippen molar-refractivity contribution < 1.29 is 23.8 Å². The average Bonchev–Trinajstić information content (AvgIpc) is 3.44. The summed E-state index contributed by atoms with van der Waals surface area (Å²) in [4.78, 5) is 30.5. The van der Waals surface area contributed by atoms with Gasteiger partial charge in [0.2, 0.25) is 11.8 Å². The third kappa shape index (κ3) is 6.63. The zero-order valence-corrected chi connectivity index (χ0v) is 22.4. The van der Waals surface area contributed by atoms with Gasteiger partial charge in [0.15, 0.2) is 0 Å². The average molecular weight is 523 g/mol. The van der Waals surface area contributed by atoms with E-state index in [9.17, 15) is 9.59 Å². The highest BCUT2D eigenvalue weighted by Crippen LogP contribution is 2.36. The fourth-order valence-corrected chi connectivity index (χ4v) is 5.47. The molecule has 1 atom stereocenters. The van der Waals surface area contributed by atoms with Gasteiger partial charge >= 0.3 is 0 Å². The maximum absolute atomic E-state index is 14.0. The summed E-state index contributed by atoms with van der Waals surface area (Å²) in [5.41, 5.74) is 1.18. The molecule has 0 radical (unpaired) electrons. The first-order chi connectivity index (χ1) is 18.0. The zero-order valence-electron chi connectivity index (χ0n) is 21.6. The van der Waals surface area contributed by atoms with Crippen LogP contribution in [-0.2, 0) is 16.0 Å². The molecule has 2 amide bonds. The number of nitrogens with one attached hydrogen (secondary N) is 1. The van der Waals surface area contributed by atoms with E-state index in [1.165, 1.54) is 17.8 Å². The van der Waals surface area contributed by atoms with Gasteiger partial charge < -0.3 is 19.5 Å². The Kier molecular flexibility index (Phi) is 9.06. The van der Waals surface area contributed by atoms with Crippen LogP contribution in [0.4, 0.5) is 5.69 Å². The molecular weight excluding hydrogens is 488 g/mol. The molecule has 0 unspecified atom stereocenters. The Labute approximate surface area is 222 Å². The fourth-order valence-electron chi connectivity index (χ4n) is 4.77. The van der Waals surface area contributed by atoms with Crippen molar-refractivity contribution in [3.63, 3.8) is 0 Å². The number of rotatable bonds is 10. The first-order valence-corrected chi connectivity index (χ1v) is 13.4. The Morgan fingerprint density at radius 3 is 2.24 bits per heavy atom. The Morgan fingerprint density at radius 1 is 0.919 bits per heavy atom. The highest BCUT2D eigenvalue weighted by Gasteiger charge is 2.35. The molecule has 4 rings (SSSR count). The van der Waals surface area contributed by atoms with E-state index in [0.717, 1.165) is 30.6 Å². The van der Waals surface area contributed by atoms with Gasteiger partial charge in [-0.15, -0.1) is 11.3 Å². The largest absolute Gasteiger partial charge is 0.497 e. The summed E-state index contributed by atoms with van der Waals surface area (Å²) >= 11 is 1.51. The number of benzene rings is 2. The summed E-state index contributed by atoms with van der Waals surface area (Å²) in [6, 6.07) is 15.6. The molecular formula is C29H34N2O5S. The van der Waals surface area contributed by atoms with Crippen molar-refractivity contribution in [2.75, 3.05) is 26.2 Å². The number of methoxy groups -OCH3 is 3. The van der Waals surface area contributed by atoms with Gasteiger partial charge in [-0.1, -0.05) is 37.5 Å². The SMILES string of the molecule is COc1cccc([C@@H](C(=O)NC2CCCCC2)N(C(=O)Cc2cccs2)c2cc(OC)cc(OC)c2)c1. The van der Waals surface area contributed by atoms with E-state index in [1.54, 1.807) is 44.4 Å². The fraction of sp³-hybridized carbons (Fsp3) is 0.379. The minimum atomic E-state index is -0.915. The van der Waals surface area contributed by atoms with Gasteiger partial charge in [-0.2, -0.15) is 0 Å². The van der Waals surface area contributed by atoms with Crippen LogP contribution in [0.1, 0.15) is 48.6 Å². The Balaban J connectivity index is 1.82. The molecule has 1 aliphatic rings. The number of ether oxygens (including phenoxy) is 3. The van der Waals surface area contributed by atoms with Crippen molar-refractivity contribution in [3.8, 4) is 17.2 Å². The van der Waals surface area contributed by atoms with Gasteiger partial charge in [0.05, 0.1) is 33.4 Å². The molecule has 1 N–H and O–H groups in total. The number of amides is 2. The van der Waals surface area contributed by atoms with Crippen molar-refractivity contribution in [3.05, 3.63) is 70.4 Å². The molecule has 8 heteroatoms. The lowest BCUT2D eigenvalue weighted by molar-refractivity contribution is -0.127. The third-order valence-corrected chi connectivity index (χ3v) is 7.53. The monoisotopic (exact) mass is 522 g/mol. The second-order valence-electron chi connectivity index (χ2n) is 9.11. The predicted molar refractivity (Wildman–Crippen MR) is 146 cm³/mol. The molecule has 1 fully saturated rings. The lowest BCUT2D eigenvalue weighted by Crippen LogP contribution is -2.47. The Morgan fingerprint density at radius 2 is 1.62 bits per heavy atom. The van der Waals surface area contributed by atoms with Crippen LogP contribution in [0.2, 0.25) is 0 Å². The van der Waals surface area contributed by atoms with Crippen molar-refractivity contribution in [1.82, 2.24) is 5.32 Å². The molecule has 0 bridgehead atoms. The van der Waals surface area contributed by atoms with Gasteiger partial charge in [-0.05, 0) is 42.0 Å². The number of nitrogens with zero attached hydrogens (tertiary/aromatic N) is 1. The van der Waals surface area contributed by atoms with E-state index in [-0.39, 0.29) is 24.3 Å².